The van der Waals surface area contributed by atoms with Crippen LogP contribution in [0.2, 0.25) is 0 Å². The summed E-state index contributed by atoms with van der Waals surface area (Å²) in [4.78, 5) is 21.9. The molecule has 0 unspecified atom stereocenters. The maximum atomic E-state index is 12.5. The van der Waals surface area contributed by atoms with Crippen LogP contribution in [0.25, 0.3) is 0 Å². The summed E-state index contributed by atoms with van der Waals surface area (Å²) in [5.41, 5.74) is -4.81. The lowest BCUT2D eigenvalue weighted by molar-refractivity contribution is -0.384. The number of nitro groups is 1. The Morgan fingerprint density at radius 2 is 1.83 bits per heavy atom. The molecule has 0 aromatic heterocycles. The number of nitrogens with zero attached hydrogens (tertiary/aromatic N) is 1. The molecule has 0 saturated carbocycles. The fourth-order valence-corrected chi connectivity index (χ4v) is 2.43. The van der Waals surface area contributed by atoms with Crippen molar-refractivity contribution in [2.24, 2.45) is 0 Å². The number of carbonyl (C=O) groups is 1. The van der Waals surface area contributed by atoms with Crippen molar-refractivity contribution in [2.75, 3.05) is 5.32 Å². The minimum absolute atomic E-state index is 0.121. The van der Waals surface area contributed by atoms with Crippen LogP contribution in [0.15, 0.2) is 53.4 Å². The zero-order valence-electron chi connectivity index (χ0n) is 11.3. The van der Waals surface area contributed by atoms with E-state index in [0.29, 0.717) is 0 Å². The molecule has 0 aliphatic rings. The van der Waals surface area contributed by atoms with Gasteiger partial charge in [-0.2, -0.15) is 13.2 Å². The van der Waals surface area contributed by atoms with E-state index in [2.05, 4.69) is 5.32 Å². The Labute approximate surface area is 132 Å². The van der Waals surface area contributed by atoms with Crippen LogP contribution in [0.5, 0.6) is 0 Å². The Morgan fingerprint density at radius 1 is 1.13 bits per heavy atom. The molecule has 2 aromatic rings. The first-order valence-corrected chi connectivity index (χ1v) is 6.98. The largest absolute Gasteiger partial charge is 0.446 e. The highest BCUT2D eigenvalue weighted by Gasteiger charge is 2.31. The molecule has 0 heterocycles. The number of hydrogen-bond donors (Lipinski definition) is 1. The Morgan fingerprint density at radius 3 is 2.48 bits per heavy atom. The molecule has 23 heavy (non-hydrogen) atoms. The number of amides is 1. The predicted octanol–water partition coefficient (Wildman–Crippen LogP) is 4.46. The van der Waals surface area contributed by atoms with Crippen molar-refractivity contribution in [1.82, 2.24) is 0 Å². The van der Waals surface area contributed by atoms with Gasteiger partial charge in [0.05, 0.1) is 10.5 Å². The summed E-state index contributed by atoms with van der Waals surface area (Å²) in [5.74, 6) is -0.780. The molecule has 5 nitrogen and oxygen atoms in total. The van der Waals surface area contributed by atoms with E-state index in [1.54, 1.807) is 0 Å². The first-order valence-electron chi connectivity index (χ1n) is 6.17. The van der Waals surface area contributed by atoms with Crippen LogP contribution >= 0.6 is 11.8 Å². The van der Waals surface area contributed by atoms with E-state index in [1.807, 2.05) is 0 Å². The quantitative estimate of drug-likeness (QED) is 0.506. The van der Waals surface area contributed by atoms with Gasteiger partial charge in [0.25, 0.3) is 11.6 Å². The van der Waals surface area contributed by atoms with E-state index in [4.69, 9.17) is 0 Å². The van der Waals surface area contributed by atoms with Crippen molar-refractivity contribution in [2.45, 2.75) is 10.4 Å². The number of anilines is 1. The van der Waals surface area contributed by atoms with Crippen molar-refractivity contribution in [3.05, 3.63) is 64.2 Å². The smallest absolute Gasteiger partial charge is 0.322 e. The number of rotatable bonds is 4. The number of halogens is 3. The number of alkyl halides is 3. The SMILES string of the molecule is O=C(Nc1cccc([N+](=O)[O-])c1)c1ccccc1SC(F)(F)F. The summed E-state index contributed by atoms with van der Waals surface area (Å²) in [7, 11) is 0. The van der Waals surface area contributed by atoms with Gasteiger partial charge in [0, 0.05) is 22.7 Å². The first kappa shape index (κ1) is 16.8. The molecule has 2 rings (SSSR count). The number of nitrogens with one attached hydrogen (secondary N) is 1. The van der Waals surface area contributed by atoms with Gasteiger partial charge in [0.15, 0.2) is 0 Å². The van der Waals surface area contributed by atoms with Gasteiger partial charge in [-0.25, -0.2) is 0 Å². The summed E-state index contributed by atoms with van der Waals surface area (Å²) < 4.78 is 37.5. The van der Waals surface area contributed by atoms with Crippen molar-refractivity contribution < 1.29 is 22.9 Å². The van der Waals surface area contributed by atoms with E-state index < -0.39 is 28.1 Å². The third-order valence-corrected chi connectivity index (χ3v) is 3.48. The van der Waals surface area contributed by atoms with Crippen molar-refractivity contribution in [3.63, 3.8) is 0 Å². The zero-order chi connectivity index (χ0) is 17.0. The second-order valence-corrected chi connectivity index (χ2v) is 5.41. The molecule has 1 amide bonds. The molecule has 0 aliphatic heterocycles. The third-order valence-electron chi connectivity index (χ3n) is 2.67. The monoisotopic (exact) mass is 342 g/mol. The lowest BCUT2D eigenvalue weighted by Crippen LogP contribution is -2.14. The van der Waals surface area contributed by atoms with Crippen LogP contribution in [0.3, 0.4) is 0 Å². The van der Waals surface area contributed by atoms with Gasteiger partial charge < -0.3 is 5.32 Å². The van der Waals surface area contributed by atoms with Crippen molar-refractivity contribution in [1.29, 1.82) is 0 Å². The van der Waals surface area contributed by atoms with E-state index in [9.17, 15) is 28.1 Å². The van der Waals surface area contributed by atoms with Gasteiger partial charge in [0.2, 0.25) is 0 Å². The van der Waals surface area contributed by atoms with Crippen molar-refractivity contribution in [3.8, 4) is 0 Å². The fraction of sp³-hybridized carbons (Fsp3) is 0.0714. The van der Waals surface area contributed by atoms with Crippen LogP contribution in [0.1, 0.15) is 10.4 Å². The predicted molar refractivity (Wildman–Crippen MR) is 79.4 cm³/mol. The topological polar surface area (TPSA) is 72.2 Å². The average molecular weight is 342 g/mol. The van der Waals surface area contributed by atoms with Crippen LogP contribution < -0.4 is 5.32 Å². The number of thioether (sulfide) groups is 1. The Kier molecular flexibility index (Phi) is 4.89. The summed E-state index contributed by atoms with van der Waals surface area (Å²) >= 11 is -0.395. The van der Waals surface area contributed by atoms with Crippen LogP contribution in [-0.2, 0) is 0 Å². The Bertz CT molecular complexity index is 750. The molecule has 1 N–H and O–H groups in total. The highest BCUT2D eigenvalue weighted by molar-refractivity contribution is 8.00. The lowest BCUT2D eigenvalue weighted by Gasteiger charge is -2.11. The van der Waals surface area contributed by atoms with E-state index in [1.165, 1.54) is 42.5 Å². The molecule has 2 aromatic carbocycles. The Balaban J connectivity index is 2.25. The van der Waals surface area contributed by atoms with Crippen LogP contribution in [0, 0.1) is 10.1 Å². The Hall–Kier alpha value is -2.55. The fourth-order valence-electron chi connectivity index (χ4n) is 1.76. The molecular weight excluding hydrogens is 333 g/mol. The maximum absolute atomic E-state index is 12.5. The maximum Gasteiger partial charge on any atom is 0.446 e. The summed E-state index contributed by atoms with van der Waals surface area (Å²) in [6.07, 6.45) is 0. The highest BCUT2D eigenvalue weighted by Crippen LogP contribution is 2.38. The van der Waals surface area contributed by atoms with E-state index in [0.717, 1.165) is 6.07 Å². The second-order valence-electron chi connectivity index (χ2n) is 4.31. The molecule has 0 saturated heterocycles. The van der Waals surface area contributed by atoms with Gasteiger partial charge in [-0.3, -0.25) is 14.9 Å². The normalized spacial score (nSPS) is 11.1. The summed E-state index contributed by atoms with van der Waals surface area (Å²) in [6, 6.07) is 10.4. The molecule has 0 bridgehead atoms. The van der Waals surface area contributed by atoms with Crippen LogP contribution in [-0.4, -0.2) is 16.3 Å². The number of non-ortho nitro benzene ring substituents is 1. The van der Waals surface area contributed by atoms with Crippen molar-refractivity contribution >= 4 is 29.0 Å². The summed E-state index contributed by atoms with van der Waals surface area (Å²) in [5, 5.41) is 13.0. The number of benzene rings is 2. The van der Waals surface area contributed by atoms with Gasteiger partial charge in [-0.1, -0.05) is 18.2 Å². The number of carbonyl (C=O) groups excluding carboxylic acids is 1. The van der Waals surface area contributed by atoms with Gasteiger partial charge in [-0.05, 0) is 30.0 Å². The number of hydrogen-bond acceptors (Lipinski definition) is 4. The van der Waals surface area contributed by atoms with Gasteiger partial charge >= 0.3 is 5.51 Å². The molecular formula is C14H9F3N2O3S. The molecule has 0 spiro atoms. The zero-order valence-corrected chi connectivity index (χ0v) is 12.1. The van der Waals surface area contributed by atoms with Gasteiger partial charge in [-0.15, -0.1) is 0 Å². The first-order chi connectivity index (χ1) is 10.8. The highest BCUT2D eigenvalue weighted by atomic mass is 32.2. The molecule has 0 atom stereocenters. The molecule has 9 heteroatoms. The van der Waals surface area contributed by atoms with Crippen LogP contribution in [0.4, 0.5) is 24.5 Å². The second kappa shape index (κ2) is 6.69. The van der Waals surface area contributed by atoms with E-state index in [-0.39, 0.29) is 21.8 Å². The van der Waals surface area contributed by atoms with E-state index >= 15 is 0 Å². The molecule has 0 radical (unpaired) electrons. The molecule has 120 valence electrons. The lowest BCUT2D eigenvalue weighted by atomic mass is 10.2. The minimum Gasteiger partial charge on any atom is -0.322 e. The molecule has 0 fully saturated rings. The minimum atomic E-state index is -4.53. The summed E-state index contributed by atoms with van der Waals surface area (Å²) in [6.45, 7) is 0. The third kappa shape index (κ3) is 4.71. The standard InChI is InChI=1S/C14H9F3N2O3S/c15-14(16,17)23-12-7-2-1-6-11(12)13(20)18-9-4-3-5-10(8-9)19(21)22/h1-8H,(H,18,20). The molecule has 0 aliphatic carbocycles. The average Bonchev–Trinajstić information content (AvgIpc) is 2.46. The van der Waals surface area contributed by atoms with Gasteiger partial charge in [0.1, 0.15) is 0 Å². The number of nitro benzene ring substituents is 1.